The Labute approximate surface area is 117 Å². The lowest BCUT2D eigenvalue weighted by Crippen LogP contribution is -2.25. The molecule has 1 aromatic rings. The van der Waals surface area contributed by atoms with Gasteiger partial charge in [0, 0.05) is 6.54 Å². The van der Waals surface area contributed by atoms with E-state index in [1.54, 1.807) is 0 Å². The molecule has 0 spiro atoms. The molecule has 0 saturated heterocycles. The normalized spacial score (nSPS) is 15.0. The van der Waals surface area contributed by atoms with E-state index in [0.29, 0.717) is 18.2 Å². The summed E-state index contributed by atoms with van der Waals surface area (Å²) in [6.07, 6.45) is 2.07. The van der Waals surface area contributed by atoms with Gasteiger partial charge < -0.3 is 9.84 Å². The molecule has 1 aliphatic carbocycles. The van der Waals surface area contributed by atoms with Gasteiger partial charge in [-0.05, 0) is 43.0 Å². The topological polar surface area (TPSA) is 92.7 Å². The van der Waals surface area contributed by atoms with Crippen molar-refractivity contribution in [2.24, 2.45) is 5.92 Å². The van der Waals surface area contributed by atoms with Gasteiger partial charge in [0.1, 0.15) is 5.75 Å². The van der Waals surface area contributed by atoms with Crippen LogP contribution < -0.4 is 9.46 Å². The molecule has 0 atom stereocenters. The zero-order chi connectivity index (χ0) is 14.6. The second-order valence-electron chi connectivity index (χ2n) is 4.76. The molecule has 0 heterocycles. The van der Waals surface area contributed by atoms with Crippen molar-refractivity contribution in [2.75, 3.05) is 13.2 Å². The summed E-state index contributed by atoms with van der Waals surface area (Å²) in [6, 6.07) is 5.94. The lowest BCUT2D eigenvalue weighted by atomic mass is 10.3. The number of sulfonamides is 1. The summed E-state index contributed by atoms with van der Waals surface area (Å²) in [7, 11) is -3.47. The van der Waals surface area contributed by atoms with Crippen LogP contribution in [0.4, 0.5) is 0 Å². The van der Waals surface area contributed by atoms with Crippen LogP contribution in [0.15, 0.2) is 29.2 Å². The van der Waals surface area contributed by atoms with Gasteiger partial charge in [0.25, 0.3) is 0 Å². The van der Waals surface area contributed by atoms with Gasteiger partial charge in [0.15, 0.2) is 0 Å². The van der Waals surface area contributed by atoms with Crippen molar-refractivity contribution in [1.82, 2.24) is 4.72 Å². The van der Waals surface area contributed by atoms with Crippen LogP contribution >= 0.6 is 0 Å². The Morgan fingerprint density at radius 3 is 2.50 bits per heavy atom. The largest absolute Gasteiger partial charge is 0.493 e. The predicted octanol–water partition coefficient (Wildman–Crippen LogP) is 1.23. The number of benzene rings is 1. The molecule has 20 heavy (non-hydrogen) atoms. The van der Waals surface area contributed by atoms with Crippen molar-refractivity contribution >= 4 is 16.0 Å². The van der Waals surface area contributed by atoms with E-state index in [1.165, 1.54) is 24.3 Å². The third-order valence-electron chi connectivity index (χ3n) is 2.98. The summed E-state index contributed by atoms with van der Waals surface area (Å²) in [5.41, 5.74) is 0. The molecule has 1 aliphatic rings. The molecule has 6 nitrogen and oxygen atoms in total. The van der Waals surface area contributed by atoms with Crippen LogP contribution in [0.1, 0.15) is 19.3 Å². The molecule has 1 aromatic carbocycles. The van der Waals surface area contributed by atoms with Crippen LogP contribution in [0, 0.1) is 5.92 Å². The molecule has 1 fully saturated rings. The molecule has 2 rings (SSSR count). The SMILES string of the molecule is O=C(O)CCOc1ccc(S(=O)(=O)NCC2CC2)cc1. The quantitative estimate of drug-likeness (QED) is 0.753. The van der Waals surface area contributed by atoms with E-state index in [1.807, 2.05) is 0 Å². The summed E-state index contributed by atoms with van der Waals surface area (Å²) in [4.78, 5) is 10.5. The Kier molecular flexibility index (Phi) is 4.61. The van der Waals surface area contributed by atoms with Gasteiger partial charge >= 0.3 is 5.97 Å². The average Bonchev–Trinajstić information content (AvgIpc) is 3.21. The minimum atomic E-state index is -3.47. The van der Waals surface area contributed by atoms with Crippen LogP contribution in [0.2, 0.25) is 0 Å². The molecule has 0 radical (unpaired) electrons. The number of hydrogen-bond donors (Lipinski definition) is 2. The number of rotatable bonds is 8. The molecule has 0 aliphatic heterocycles. The van der Waals surface area contributed by atoms with Crippen molar-refractivity contribution < 1.29 is 23.1 Å². The van der Waals surface area contributed by atoms with Crippen LogP contribution in [-0.4, -0.2) is 32.6 Å². The Morgan fingerprint density at radius 1 is 1.30 bits per heavy atom. The molecule has 0 unspecified atom stereocenters. The maximum atomic E-state index is 11.9. The number of carboxylic acid groups (broad SMARTS) is 1. The number of nitrogens with one attached hydrogen (secondary N) is 1. The van der Waals surface area contributed by atoms with Gasteiger partial charge in [0.2, 0.25) is 10.0 Å². The highest BCUT2D eigenvalue weighted by molar-refractivity contribution is 7.89. The first kappa shape index (κ1) is 14.8. The lowest BCUT2D eigenvalue weighted by molar-refractivity contribution is -0.137. The zero-order valence-electron chi connectivity index (χ0n) is 10.9. The van der Waals surface area contributed by atoms with Crippen molar-refractivity contribution in [3.8, 4) is 5.75 Å². The second kappa shape index (κ2) is 6.23. The molecule has 2 N–H and O–H groups in total. The predicted molar refractivity (Wildman–Crippen MR) is 72.1 cm³/mol. The van der Waals surface area contributed by atoms with E-state index in [0.717, 1.165) is 12.8 Å². The first-order chi connectivity index (χ1) is 9.47. The Balaban J connectivity index is 1.90. The van der Waals surface area contributed by atoms with Crippen LogP contribution in [-0.2, 0) is 14.8 Å². The third-order valence-corrected chi connectivity index (χ3v) is 4.42. The van der Waals surface area contributed by atoms with Gasteiger partial charge in [-0.1, -0.05) is 0 Å². The van der Waals surface area contributed by atoms with Crippen molar-refractivity contribution in [2.45, 2.75) is 24.2 Å². The fourth-order valence-corrected chi connectivity index (χ4v) is 2.72. The molecular weight excluding hydrogens is 282 g/mol. The van der Waals surface area contributed by atoms with E-state index in [2.05, 4.69) is 4.72 Å². The molecular formula is C13H17NO5S. The number of carboxylic acids is 1. The molecule has 0 aromatic heterocycles. The number of carbonyl (C=O) groups is 1. The van der Waals surface area contributed by atoms with E-state index in [9.17, 15) is 13.2 Å². The fraction of sp³-hybridized carbons (Fsp3) is 0.462. The van der Waals surface area contributed by atoms with Gasteiger partial charge in [-0.15, -0.1) is 0 Å². The van der Waals surface area contributed by atoms with E-state index >= 15 is 0 Å². The molecule has 110 valence electrons. The molecule has 0 amide bonds. The monoisotopic (exact) mass is 299 g/mol. The molecule has 1 saturated carbocycles. The first-order valence-electron chi connectivity index (χ1n) is 6.42. The van der Waals surface area contributed by atoms with Gasteiger partial charge in [-0.3, -0.25) is 4.79 Å². The fourth-order valence-electron chi connectivity index (χ4n) is 1.60. The highest BCUT2D eigenvalue weighted by atomic mass is 32.2. The maximum absolute atomic E-state index is 11.9. The van der Waals surface area contributed by atoms with E-state index in [-0.39, 0.29) is 17.9 Å². The maximum Gasteiger partial charge on any atom is 0.306 e. The summed E-state index contributed by atoms with van der Waals surface area (Å²) < 4.78 is 31.7. The summed E-state index contributed by atoms with van der Waals surface area (Å²) >= 11 is 0. The standard InChI is InChI=1S/C13H17NO5S/c15-13(16)7-8-19-11-3-5-12(6-4-11)20(17,18)14-9-10-1-2-10/h3-6,10,14H,1-2,7-9H2,(H,15,16). The third kappa shape index (κ3) is 4.50. The summed E-state index contributed by atoms with van der Waals surface area (Å²) in [5, 5.41) is 8.48. The smallest absolute Gasteiger partial charge is 0.306 e. The summed E-state index contributed by atoms with van der Waals surface area (Å²) in [6.45, 7) is 0.542. The number of aliphatic carboxylic acids is 1. The van der Waals surface area contributed by atoms with Crippen LogP contribution in [0.3, 0.4) is 0 Å². The van der Waals surface area contributed by atoms with E-state index in [4.69, 9.17) is 9.84 Å². The number of hydrogen-bond acceptors (Lipinski definition) is 4. The first-order valence-corrected chi connectivity index (χ1v) is 7.90. The van der Waals surface area contributed by atoms with Crippen LogP contribution in [0.5, 0.6) is 5.75 Å². The zero-order valence-corrected chi connectivity index (χ0v) is 11.7. The van der Waals surface area contributed by atoms with Crippen LogP contribution in [0.25, 0.3) is 0 Å². The van der Waals surface area contributed by atoms with Gasteiger partial charge in [0.05, 0.1) is 17.9 Å². The highest BCUT2D eigenvalue weighted by Gasteiger charge is 2.24. The minimum absolute atomic E-state index is 0.0569. The van der Waals surface area contributed by atoms with Crippen molar-refractivity contribution in [3.63, 3.8) is 0 Å². The second-order valence-corrected chi connectivity index (χ2v) is 6.53. The minimum Gasteiger partial charge on any atom is -0.493 e. The highest BCUT2D eigenvalue weighted by Crippen LogP contribution is 2.28. The van der Waals surface area contributed by atoms with Crippen molar-refractivity contribution in [3.05, 3.63) is 24.3 Å². The molecule has 7 heteroatoms. The van der Waals surface area contributed by atoms with Crippen molar-refractivity contribution in [1.29, 1.82) is 0 Å². The Morgan fingerprint density at radius 2 is 1.95 bits per heavy atom. The Hall–Kier alpha value is -1.60. The lowest BCUT2D eigenvalue weighted by Gasteiger charge is -2.08. The summed E-state index contributed by atoms with van der Waals surface area (Å²) in [5.74, 6) is -0.00994. The van der Waals surface area contributed by atoms with Gasteiger partial charge in [-0.2, -0.15) is 0 Å². The Bertz CT molecular complexity index is 563. The average molecular weight is 299 g/mol. The van der Waals surface area contributed by atoms with E-state index < -0.39 is 16.0 Å². The molecule has 0 bridgehead atoms. The van der Waals surface area contributed by atoms with Gasteiger partial charge in [-0.25, -0.2) is 13.1 Å². The number of ether oxygens (including phenoxy) is 1.